The predicted molar refractivity (Wildman–Crippen MR) is 145 cm³/mol. The molecule has 2 atom stereocenters. The first-order chi connectivity index (χ1) is 18.1. The van der Waals surface area contributed by atoms with E-state index in [1.165, 1.54) is 36.8 Å². The monoisotopic (exact) mass is 497 g/mol. The first kappa shape index (κ1) is 23.9. The van der Waals surface area contributed by atoms with Gasteiger partial charge in [-0.1, -0.05) is 32.3 Å². The van der Waals surface area contributed by atoms with Crippen molar-refractivity contribution in [2.24, 2.45) is 11.8 Å². The number of nitrogens with zero attached hydrogens (tertiary/aromatic N) is 4. The van der Waals surface area contributed by atoms with E-state index in [9.17, 15) is 4.79 Å². The van der Waals surface area contributed by atoms with E-state index in [2.05, 4.69) is 56.4 Å². The number of imidazole rings is 1. The van der Waals surface area contributed by atoms with Gasteiger partial charge >= 0.3 is 0 Å². The highest BCUT2D eigenvalue weighted by atomic mass is 16.2. The van der Waals surface area contributed by atoms with Gasteiger partial charge in [-0.15, -0.1) is 0 Å². The number of hydrogen-bond acceptors (Lipinski definition) is 5. The Morgan fingerprint density at radius 3 is 2.86 bits per heavy atom. The van der Waals surface area contributed by atoms with Crippen LogP contribution >= 0.6 is 0 Å². The summed E-state index contributed by atoms with van der Waals surface area (Å²) in [6.07, 6.45) is 11.8. The van der Waals surface area contributed by atoms with Crippen molar-refractivity contribution >= 4 is 16.8 Å². The maximum Gasteiger partial charge on any atom is 0.271 e. The number of fused-ring (bicyclic) bond motifs is 2. The fourth-order valence-corrected chi connectivity index (χ4v) is 6.17. The molecule has 3 aromatic heterocycles. The van der Waals surface area contributed by atoms with Gasteiger partial charge in [-0.2, -0.15) is 5.10 Å². The first-order valence-corrected chi connectivity index (χ1v) is 13.6. The van der Waals surface area contributed by atoms with Crippen molar-refractivity contribution in [2.75, 3.05) is 19.6 Å². The van der Waals surface area contributed by atoms with Crippen LogP contribution in [0, 0.1) is 18.8 Å². The second-order valence-electron chi connectivity index (χ2n) is 10.6. The van der Waals surface area contributed by atoms with E-state index in [0.717, 1.165) is 66.2 Å². The minimum absolute atomic E-state index is 0.0440. The van der Waals surface area contributed by atoms with Crippen LogP contribution in [-0.2, 0) is 6.54 Å². The number of nitrogens with one attached hydrogen (secondary N) is 3. The topological polar surface area (TPSA) is 103 Å². The number of aromatic nitrogens is 5. The highest BCUT2D eigenvalue weighted by Crippen LogP contribution is 2.36. The fraction of sp³-hybridized carbons (Fsp3) is 0.448. The molecule has 37 heavy (non-hydrogen) atoms. The number of rotatable bonds is 6. The van der Waals surface area contributed by atoms with Gasteiger partial charge in [-0.3, -0.25) is 14.9 Å². The molecule has 1 aromatic carbocycles. The molecule has 1 saturated heterocycles. The molecule has 0 radical (unpaired) electrons. The molecule has 1 saturated carbocycles. The molecule has 0 spiro atoms. The Kier molecular flexibility index (Phi) is 6.50. The van der Waals surface area contributed by atoms with E-state index in [0.29, 0.717) is 17.4 Å². The Balaban J connectivity index is 1.27. The Hall–Kier alpha value is -3.52. The largest absolute Gasteiger partial charge is 0.337 e. The molecule has 2 fully saturated rings. The lowest BCUT2D eigenvalue weighted by atomic mass is 9.75. The summed E-state index contributed by atoms with van der Waals surface area (Å²) in [6, 6.07) is 6.27. The quantitative estimate of drug-likeness (QED) is 0.345. The number of pyridine rings is 1. The first-order valence-electron chi connectivity index (χ1n) is 13.6. The van der Waals surface area contributed by atoms with Crippen molar-refractivity contribution in [2.45, 2.75) is 52.5 Å². The average molecular weight is 498 g/mol. The molecule has 8 nitrogen and oxygen atoms in total. The predicted octanol–water partition coefficient (Wildman–Crippen LogP) is 5.09. The maximum atomic E-state index is 13.3. The molecule has 0 bridgehead atoms. The van der Waals surface area contributed by atoms with Crippen LogP contribution in [0.1, 0.15) is 60.6 Å². The van der Waals surface area contributed by atoms with Gasteiger partial charge in [0.25, 0.3) is 5.91 Å². The van der Waals surface area contributed by atoms with Crippen LogP contribution in [0.4, 0.5) is 0 Å². The van der Waals surface area contributed by atoms with Crippen molar-refractivity contribution in [1.82, 2.24) is 35.4 Å². The fourth-order valence-electron chi connectivity index (χ4n) is 6.17. The molecule has 4 aromatic rings. The van der Waals surface area contributed by atoms with Gasteiger partial charge in [0.2, 0.25) is 0 Å². The summed E-state index contributed by atoms with van der Waals surface area (Å²) in [5.41, 5.74) is 6.77. The number of piperidine rings is 1. The smallest absolute Gasteiger partial charge is 0.271 e. The summed E-state index contributed by atoms with van der Waals surface area (Å²) < 4.78 is 0. The van der Waals surface area contributed by atoms with Crippen molar-refractivity contribution < 1.29 is 4.79 Å². The van der Waals surface area contributed by atoms with E-state index in [-0.39, 0.29) is 5.91 Å². The molecule has 1 aliphatic heterocycles. The number of benzene rings is 1. The minimum Gasteiger partial charge on any atom is -0.337 e. The van der Waals surface area contributed by atoms with Crippen LogP contribution in [0.15, 0.2) is 36.8 Å². The van der Waals surface area contributed by atoms with E-state index in [1.54, 1.807) is 6.20 Å². The van der Waals surface area contributed by atoms with E-state index < -0.39 is 0 Å². The van der Waals surface area contributed by atoms with Crippen LogP contribution in [0.5, 0.6) is 0 Å². The normalized spacial score (nSPS) is 19.8. The zero-order valence-corrected chi connectivity index (χ0v) is 21.7. The van der Waals surface area contributed by atoms with Crippen LogP contribution in [0.3, 0.4) is 0 Å². The molecule has 2 unspecified atom stereocenters. The second kappa shape index (κ2) is 10.1. The molecule has 2 aliphatic rings. The molecule has 1 aliphatic carbocycles. The molecule has 4 heterocycles. The number of carbonyl (C=O) groups is 1. The lowest BCUT2D eigenvalue weighted by Crippen LogP contribution is -2.44. The number of aromatic amines is 2. The van der Waals surface area contributed by atoms with Crippen molar-refractivity contribution in [3.63, 3.8) is 0 Å². The molecular formula is C29H35N7O. The highest BCUT2D eigenvalue weighted by molar-refractivity contribution is 5.96. The van der Waals surface area contributed by atoms with Gasteiger partial charge in [0, 0.05) is 43.0 Å². The summed E-state index contributed by atoms with van der Waals surface area (Å²) in [6.45, 7) is 7.67. The van der Waals surface area contributed by atoms with Gasteiger partial charge in [0.05, 0.1) is 11.7 Å². The van der Waals surface area contributed by atoms with Gasteiger partial charge in [-0.25, -0.2) is 4.98 Å². The number of likely N-dealkylation sites (tertiary alicyclic amines) is 1. The molecule has 3 N–H and O–H groups in total. The Labute approximate surface area is 217 Å². The maximum absolute atomic E-state index is 13.3. The summed E-state index contributed by atoms with van der Waals surface area (Å²) in [7, 11) is 0. The highest BCUT2D eigenvalue weighted by Gasteiger charge is 2.33. The summed E-state index contributed by atoms with van der Waals surface area (Å²) in [5.74, 6) is 2.09. The van der Waals surface area contributed by atoms with E-state index >= 15 is 0 Å². The summed E-state index contributed by atoms with van der Waals surface area (Å²) in [5, 5.41) is 12.0. The lowest BCUT2D eigenvalue weighted by Gasteiger charge is -2.41. The van der Waals surface area contributed by atoms with Crippen LogP contribution in [0.25, 0.3) is 33.5 Å². The number of H-pyrrole nitrogens is 2. The molecule has 192 valence electrons. The van der Waals surface area contributed by atoms with Crippen molar-refractivity contribution in [1.29, 1.82) is 0 Å². The zero-order chi connectivity index (χ0) is 25.4. The molecular weight excluding hydrogens is 462 g/mol. The third kappa shape index (κ3) is 4.55. The molecule has 6 rings (SSSR count). The SMILES string of the molecule is CCNCc1cncc(-c2ccc3[nH]nc(-c4ncc(C(=O)N5CCC6CCCCC6C5)[nH]4)c3c2)c1C. The van der Waals surface area contributed by atoms with Crippen LogP contribution < -0.4 is 5.32 Å². The van der Waals surface area contributed by atoms with Crippen molar-refractivity contribution in [3.05, 3.63) is 53.6 Å². The Bertz CT molecular complexity index is 1420. The summed E-state index contributed by atoms with van der Waals surface area (Å²) >= 11 is 0. The van der Waals surface area contributed by atoms with Crippen LogP contribution in [0.2, 0.25) is 0 Å². The average Bonchev–Trinajstić information content (AvgIpc) is 3.59. The van der Waals surface area contributed by atoms with Crippen LogP contribution in [-0.4, -0.2) is 55.6 Å². The molecule has 1 amide bonds. The number of hydrogen-bond donors (Lipinski definition) is 3. The van der Waals surface area contributed by atoms with Gasteiger partial charge in [0.15, 0.2) is 5.82 Å². The van der Waals surface area contributed by atoms with E-state index in [4.69, 9.17) is 0 Å². The number of amides is 1. The lowest BCUT2D eigenvalue weighted by molar-refractivity contribution is 0.0516. The standard InChI is InChI=1S/C29H35N7O/c1-3-30-13-22-14-31-15-24(18(22)2)20-8-9-25-23(12-20)27(35-34-25)28-32-16-26(33-28)29(37)36-11-10-19-6-4-5-7-21(19)17-36/h8-9,12,14-16,19,21,30H,3-7,10-11,13,17H2,1-2H3,(H,32,33)(H,34,35). The Morgan fingerprint density at radius 1 is 1.14 bits per heavy atom. The minimum atomic E-state index is 0.0440. The Morgan fingerprint density at radius 2 is 2.00 bits per heavy atom. The third-order valence-corrected chi connectivity index (χ3v) is 8.37. The van der Waals surface area contributed by atoms with E-state index in [1.807, 2.05) is 23.4 Å². The second-order valence-corrected chi connectivity index (χ2v) is 10.6. The van der Waals surface area contributed by atoms with Gasteiger partial charge in [-0.05, 0) is 67.0 Å². The number of carbonyl (C=O) groups excluding carboxylic acids is 1. The van der Waals surface area contributed by atoms with Gasteiger partial charge < -0.3 is 15.2 Å². The molecule has 8 heteroatoms. The van der Waals surface area contributed by atoms with Gasteiger partial charge in [0.1, 0.15) is 11.4 Å². The van der Waals surface area contributed by atoms with Crippen molar-refractivity contribution in [3.8, 4) is 22.6 Å². The summed E-state index contributed by atoms with van der Waals surface area (Å²) in [4.78, 5) is 27.7. The third-order valence-electron chi connectivity index (χ3n) is 8.37. The zero-order valence-electron chi connectivity index (χ0n) is 21.7.